The van der Waals surface area contributed by atoms with Crippen LogP contribution in [0.2, 0.25) is 0 Å². The van der Waals surface area contributed by atoms with Crippen molar-refractivity contribution in [2.24, 2.45) is 10.4 Å². The Kier molecular flexibility index (Phi) is 3.67. The molecule has 0 bridgehead atoms. The quantitative estimate of drug-likeness (QED) is 0.600. The van der Waals surface area contributed by atoms with Crippen LogP contribution in [0.15, 0.2) is 16.8 Å². The second-order valence-electron chi connectivity index (χ2n) is 3.68. The molecule has 0 saturated heterocycles. The van der Waals surface area contributed by atoms with Gasteiger partial charge in [-0.1, -0.05) is 26.3 Å². The van der Waals surface area contributed by atoms with Crippen molar-refractivity contribution in [3.05, 3.63) is 11.8 Å². The summed E-state index contributed by atoms with van der Waals surface area (Å²) >= 11 is 0. The van der Waals surface area contributed by atoms with Crippen LogP contribution in [-0.2, 0) is 0 Å². The Morgan fingerprint density at radius 3 is 2.33 bits per heavy atom. The van der Waals surface area contributed by atoms with E-state index in [0.29, 0.717) is 0 Å². The molecule has 2 amide bonds. The summed E-state index contributed by atoms with van der Waals surface area (Å²) in [7, 11) is 0. The number of nitrogens with zero attached hydrogens (tertiary/aromatic N) is 1. The molecule has 0 fully saturated rings. The van der Waals surface area contributed by atoms with Gasteiger partial charge in [-0.15, -0.1) is 0 Å². The fraction of sp³-hybridized carbons (Fsp3) is 0.556. The van der Waals surface area contributed by atoms with Gasteiger partial charge in [-0.2, -0.15) is 0 Å². The number of allylic oxidation sites excluding steroid dienone is 1. The van der Waals surface area contributed by atoms with Crippen molar-refractivity contribution in [3.8, 4) is 0 Å². The van der Waals surface area contributed by atoms with Crippen molar-refractivity contribution < 1.29 is 4.79 Å². The Labute approximate surface area is 73.6 Å². The van der Waals surface area contributed by atoms with Crippen LogP contribution in [0.5, 0.6) is 0 Å². The molecule has 0 unspecified atom stereocenters. The van der Waals surface area contributed by atoms with Crippen LogP contribution in [0.3, 0.4) is 0 Å². The molecule has 0 rings (SSSR count). The maximum absolute atomic E-state index is 10.7. The lowest BCUT2D eigenvalue weighted by atomic mass is 9.88. The van der Waals surface area contributed by atoms with Gasteiger partial charge in [-0.3, -0.25) is 0 Å². The Balaban J connectivity index is 4.20. The summed E-state index contributed by atoms with van der Waals surface area (Å²) in [6.07, 6.45) is 1.66. The molecule has 3 nitrogen and oxygen atoms in total. The summed E-state index contributed by atoms with van der Waals surface area (Å²) in [6, 6.07) is -0.418. The molecule has 3 heteroatoms. The first-order valence-corrected chi connectivity index (χ1v) is 3.82. The number of hydrogen-bond acceptors (Lipinski definition) is 1. The fourth-order valence-electron chi connectivity index (χ4n) is 0.432. The van der Waals surface area contributed by atoms with Crippen LogP contribution < -0.4 is 5.32 Å². The van der Waals surface area contributed by atoms with Gasteiger partial charge in [0.05, 0.1) is 0 Å². The van der Waals surface area contributed by atoms with Crippen molar-refractivity contribution in [1.82, 2.24) is 5.32 Å². The van der Waals surface area contributed by atoms with E-state index in [1.807, 2.05) is 6.92 Å². The molecule has 0 saturated carbocycles. The third-order valence-corrected chi connectivity index (χ3v) is 1.74. The predicted molar refractivity (Wildman–Crippen MR) is 51.3 cm³/mol. The topological polar surface area (TPSA) is 41.5 Å². The molecular weight excluding hydrogens is 152 g/mol. The predicted octanol–water partition coefficient (Wildman–Crippen LogP) is 2.35. The average molecular weight is 168 g/mol. The lowest BCUT2D eigenvalue weighted by Gasteiger charge is -2.18. The number of carbonyl (C=O) groups is 1. The van der Waals surface area contributed by atoms with Gasteiger partial charge in [0, 0.05) is 6.20 Å². The van der Waals surface area contributed by atoms with Crippen molar-refractivity contribution >= 4 is 12.7 Å². The third-order valence-electron chi connectivity index (χ3n) is 1.74. The molecule has 12 heavy (non-hydrogen) atoms. The Hall–Kier alpha value is -1.12. The Morgan fingerprint density at radius 2 is 2.00 bits per heavy atom. The normalized spacial score (nSPS) is 12.5. The lowest BCUT2D eigenvalue weighted by Crippen LogP contribution is -2.16. The van der Waals surface area contributed by atoms with E-state index in [0.717, 1.165) is 5.57 Å². The zero-order chi connectivity index (χ0) is 9.78. The van der Waals surface area contributed by atoms with Crippen molar-refractivity contribution in [2.75, 3.05) is 0 Å². The number of rotatable bonds is 1. The number of hydrogen-bond donors (Lipinski definition) is 1. The highest BCUT2D eigenvalue weighted by Gasteiger charge is 2.12. The molecule has 0 atom stereocenters. The number of amides is 2. The largest absolute Gasteiger partial charge is 0.344 e. The summed E-state index contributed by atoms with van der Waals surface area (Å²) in [4.78, 5) is 13.9. The number of aliphatic imine (C=N–C) groups is 1. The number of urea groups is 1. The van der Waals surface area contributed by atoms with Gasteiger partial charge in [0.15, 0.2) is 0 Å². The van der Waals surface area contributed by atoms with Gasteiger partial charge in [-0.25, -0.2) is 9.79 Å². The zero-order valence-corrected chi connectivity index (χ0v) is 8.14. The minimum atomic E-state index is -0.418. The first kappa shape index (κ1) is 10.9. The maximum Gasteiger partial charge on any atom is 0.344 e. The molecule has 68 valence electrons. The lowest BCUT2D eigenvalue weighted by molar-refractivity contribution is 0.252. The van der Waals surface area contributed by atoms with Crippen LogP contribution in [0.4, 0.5) is 4.79 Å². The smallest absolute Gasteiger partial charge is 0.313 e. The van der Waals surface area contributed by atoms with E-state index >= 15 is 0 Å². The molecule has 0 radical (unpaired) electrons. The van der Waals surface area contributed by atoms with Gasteiger partial charge in [0.25, 0.3) is 0 Å². The van der Waals surface area contributed by atoms with Gasteiger partial charge in [0.2, 0.25) is 0 Å². The summed E-state index contributed by atoms with van der Waals surface area (Å²) in [6.45, 7) is 11.3. The second-order valence-corrected chi connectivity index (χ2v) is 3.68. The molecular formula is C9H16N2O. The molecule has 0 heterocycles. The van der Waals surface area contributed by atoms with E-state index in [2.05, 4.69) is 37.8 Å². The van der Waals surface area contributed by atoms with Crippen LogP contribution in [-0.4, -0.2) is 12.7 Å². The monoisotopic (exact) mass is 168 g/mol. The molecule has 0 aliphatic rings. The average Bonchev–Trinajstić information content (AvgIpc) is 1.97. The summed E-state index contributed by atoms with van der Waals surface area (Å²) in [5, 5.41) is 2.51. The standard InChI is InChI=1S/C9H16N2O/c1-7(9(2,3)4)6-11-8(12)10-5/h6H,5H2,1-4H3,(H,11,12)/b7-6+. The van der Waals surface area contributed by atoms with E-state index in [1.165, 1.54) is 0 Å². The van der Waals surface area contributed by atoms with Crippen LogP contribution in [0.1, 0.15) is 27.7 Å². The van der Waals surface area contributed by atoms with Gasteiger partial charge >= 0.3 is 6.03 Å². The second kappa shape index (κ2) is 4.04. The molecule has 0 aromatic rings. The van der Waals surface area contributed by atoms with Gasteiger partial charge in [-0.05, 0) is 19.1 Å². The fourth-order valence-corrected chi connectivity index (χ4v) is 0.432. The van der Waals surface area contributed by atoms with Gasteiger partial charge in [0.1, 0.15) is 0 Å². The van der Waals surface area contributed by atoms with E-state index in [4.69, 9.17) is 0 Å². The van der Waals surface area contributed by atoms with Crippen LogP contribution >= 0.6 is 0 Å². The molecule has 1 N–H and O–H groups in total. The number of nitrogens with one attached hydrogen (secondary N) is 1. The molecule has 0 aliphatic carbocycles. The minimum absolute atomic E-state index is 0.0778. The highest BCUT2D eigenvalue weighted by Crippen LogP contribution is 2.23. The van der Waals surface area contributed by atoms with Crippen LogP contribution in [0.25, 0.3) is 0 Å². The van der Waals surface area contributed by atoms with Crippen molar-refractivity contribution in [2.45, 2.75) is 27.7 Å². The molecule has 0 spiro atoms. The molecule has 0 aromatic heterocycles. The van der Waals surface area contributed by atoms with E-state index in [9.17, 15) is 4.79 Å². The van der Waals surface area contributed by atoms with Gasteiger partial charge < -0.3 is 5.32 Å². The van der Waals surface area contributed by atoms with E-state index < -0.39 is 6.03 Å². The van der Waals surface area contributed by atoms with E-state index in [1.54, 1.807) is 6.20 Å². The molecule has 0 aliphatic heterocycles. The highest BCUT2D eigenvalue weighted by molar-refractivity contribution is 5.79. The SMILES string of the molecule is C=NC(=O)N/C=C(\C)C(C)(C)C. The zero-order valence-electron chi connectivity index (χ0n) is 8.14. The highest BCUT2D eigenvalue weighted by atomic mass is 16.2. The summed E-state index contributed by atoms with van der Waals surface area (Å²) in [5.74, 6) is 0. The minimum Gasteiger partial charge on any atom is -0.313 e. The molecule has 0 aromatic carbocycles. The first-order chi connectivity index (χ1) is 5.38. The maximum atomic E-state index is 10.7. The van der Waals surface area contributed by atoms with Crippen molar-refractivity contribution in [3.63, 3.8) is 0 Å². The Bertz CT molecular complexity index is 211. The van der Waals surface area contributed by atoms with Crippen LogP contribution in [0, 0.1) is 5.41 Å². The summed E-state index contributed by atoms with van der Waals surface area (Å²) in [5.41, 5.74) is 1.17. The summed E-state index contributed by atoms with van der Waals surface area (Å²) < 4.78 is 0. The third kappa shape index (κ3) is 3.91. The number of carbonyl (C=O) groups excluding carboxylic acids is 1. The van der Waals surface area contributed by atoms with E-state index in [-0.39, 0.29) is 5.41 Å². The van der Waals surface area contributed by atoms with Crippen molar-refractivity contribution in [1.29, 1.82) is 0 Å². The Morgan fingerprint density at radius 1 is 1.50 bits per heavy atom. The first-order valence-electron chi connectivity index (χ1n) is 3.82.